The molecule has 0 atom stereocenters. The smallest absolute Gasteiger partial charge is 0.230 e. The zero-order valence-corrected chi connectivity index (χ0v) is 15.0. The molecule has 0 aliphatic rings. The SMILES string of the molecule is COc1cccc(CC(=O)Nc2n[nH]c3cc(-c4ccsc4)ccc23)c1. The maximum absolute atomic E-state index is 12.4. The van der Waals surface area contributed by atoms with Gasteiger partial charge in [-0.1, -0.05) is 18.2 Å². The summed E-state index contributed by atoms with van der Waals surface area (Å²) in [6.07, 6.45) is 0.262. The first-order valence-electron chi connectivity index (χ1n) is 8.16. The highest BCUT2D eigenvalue weighted by Gasteiger charge is 2.11. The Kier molecular flexibility index (Phi) is 4.41. The monoisotopic (exact) mass is 363 g/mol. The lowest BCUT2D eigenvalue weighted by molar-refractivity contribution is -0.115. The molecule has 1 amide bonds. The molecular formula is C20H17N3O2S. The zero-order valence-electron chi connectivity index (χ0n) is 14.2. The minimum Gasteiger partial charge on any atom is -0.497 e. The molecule has 0 spiro atoms. The van der Waals surface area contributed by atoms with Crippen LogP contribution in [0.4, 0.5) is 5.82 Å². The number of nitrogens with one attached hydrogen (secondary N) is 2. The molecule has 5 nitrogen and oxygen atoms in total. The van der Waals surface area contributed by atoms with Gasteiger partial charge in [-0.25, -0.2) is 0 Å². The van der Waals surface area contributed by atoms with E-state index >= 15 is 0 Å². The van der Waals surface area contributed by atoms with E-state index in [1.807, 2.05) is 42.5 Å². The molecule has 2 N–H and O–H groups in total. The summed E-state index contributed by atoms with van der Waals surface area (Å²) in [5, 5.41) is 15.2. The lowest BCUT2D eigenvalue weighted by Crippen LogP contribution is -2.14. The maximum Gasteiger partial charge on any atom is 0.230 e. The Morgan fingerprint density at radius 3 is 2.92 bits per heavy atom. The van der Waals surface area contributed by atoms with Crippen LogP contribution in [0.1, 0.15) is 5.56 Å². The summed E-state index contributed by atoms with van der Waals surface area (Å²) in [4.78, 5) is 12.4. The van der Waals surface area contributed by atoms with Crippen LogP contribution in [0.25, 0.3) is 22.0 Å². The average molecular weight is 363 g/mol. The fourth-order valence-electron chi connectivity index (χ4n) is 2.87. The van der Waals surface area contributed by atoms with Crippen molar-refractivity contribution in [3.8, 4) is 16.9 Å². The molecule has 0 radical (unpaired) electrons. The van der Waals surface area contributed by atoms with Gasteiger partial charge in [-0.15, -0.1) is 0 Å². The number of anilines is 1. The Hall–Kier alpha value is -3.12. The Morgan fingerprint density at radius 2 is 2.12 bits per heavy atom. The van der Waals surface area contributed by atoms with Gasteiger partial charge in [0.15, 0.2) is 5.82 Å². The maximum atomic E-state index is 12.4. The number of thiophene rings is 1. The van der Waals surface area contributed by atoms with E-state index in [0.29, 0.717) is 5.82 Å². The largest absolute Gasteiger partial charge is 0.497 e. The van der Waals surface area contributed by atoms with Crippen molar-refractivity contribution >= 4 is 34.0 Å². The summed E-state index contributed by atoms with van der Waals surface area (Å²) in [6, 6.07) is 15.6. The van der Waals surface area contributed by atoms with E-state index in [1.54, 1.807) is 18.4 Å². The van der Waals surface area contributed by atoms with Crippen LogP contribution in [-0.2, 0) is 11.2 Å². The highest BCUT2D eigenvalue weighted by molar-refractivity contribution is 7.08. The van der Waals surface area contributed by atoms with Gasteiger partial charge in [0, 0.05) is 5.39 Å². The van der Waals surface area contributed by atoms with Crippen molar-refractivity contribution in [2.75, 3.05) is 12.4 Å². The molecule has 0 fully saturated rings. The number of aromatic amines is 1. The topological polar surface area (TPSA) is 67.0 Å². The van der Waals surface area contributed by atoms with Gasteiger partial charge in [0.05, 0.1) is 19.0 Å². The van der Waals surface area contributed by atoms with Gasteiger partial charge >= 0.3 is 0 Å². The molecule has 130 valence electrons. The summed E-state index contributed by atoms with van der Waals surface area (Å²) in [5.74, 6) is 1.17. The average Bonchev–Trinajstić information content (AvgIpc) is 3.32. The first kappa shape index (κ1) is 16.4. The van der Waals surface area contributed by atoms with Crippen molar-refractivity contribution in [1.82, 2.24) is 10.2 Å². The van der Waals surface area contributed by atoms with E-state index < -0.39 is 0 Å². The van der Waals surface area contributed by atoms with Gasteiger partial charge in [-0.05, 0) is 57.8 Å². The fraction of sp³-hybridized carbons (Fsp3) is 0.100. The number of benzene rings is 2. The molecule has 2 aromatic heterocycles. The molecule has 4 aromatic rings. The molecule has 0 bridgehead atoms. The number of rotatable bonds is 5. The van der Waals surface area contributed by atoms with Crippen molar-refractivity contribution in [3.05, 3.63) is 64.9 Å². The minimum absolute atomic E-state index is 0.117. The lowest BCUT2D eigenvalue weighted by Gasteiger charge is -2.05. The van der Waals surface area contributed by atoms with Gasteiger partial charge in [0.1, 0.15) is 5.75 Å². The van der Waals surface area contributed by atoms with Crippen molar-refractivity contribution < 1.29 is 9.53 Å². The summed E-state index contributed by atoms with van der Waals surface area (Å²) in [7, 11) is 1.61. The molecule has 0 saturated heterocycles. The molecule has 2 aromatic carbocycles. The minimum atomic E-state index is -0.117. The summed E-state index contributed by atoms with van der Waals surface area (Å²) >= 11 is 1.67. The van der Waals surface area contributed by atoms with Gasteiger partial charge in [-0.2, -0.15) is 16.4 Å². The number of hydrogen-bond acceptors (Lipinski definition) is 4. The third kappa shape index (κ3) is 3.32. The van der Waals surface area contributed by atoms with Crippen LogP contribution in [-0.4, -0.2) is 23.2 Å². The number of methoxy groups -OCH3 is 1. The predicted molar refractivity (Wildman–Crippen MR) is 105 cm³/mol. The molecule has 0 aliphatic heterocycles. The highest BCUT2D eigenvalue weighted by Crippen LogP contribution is 2.28. The molecule has 0 saturated carbocycles. The van der Waals surface area contributed by atoms with E-state index in [4.69, 9.17) is 4.74 Å². The number of carbonyl (C=O) groups is 1. The number of ether oxygens (including phenoxy) is 1. The van der Waals surface area contributed by atoms with E-state index in [-0.39, 0.29) is 12.3 Å². The summed E-state index contributed by atoms with van der Waals surface area (Å²) < 4.78 is 5.19. The van der Waals surface area contributed by atoms with Crippen molar-refractivity contribution in [1.29, 1.82) is 0 Å². The summed E-state index contributed by atoms with van der Waals surface area (Å²) in [6.45, 7) is 0. The molecule has 6 heteroatoms. The van der Waals surface area contributed by atoms with E-state index in [2.05, 4.69) is 32.3 Å². The highest BCUT2D eigenvalue weighted by atomic mass is 32.1. The fourth-order valence-corrected chi connectivity index (χ4v) is 3.53. The molecule has 4 rings (SSSR count). The summed E-state index contributed by atoms with van der Waals surface area (Å²) in [5.41, 5.74) is 4.08. The molecular weight excluding hydrogens is 346 g/mol. The second kappa shape index (κ2) is 7.01. The van der Waals surface area contributed by atoms with Crippen LogP contribution in [0.15, 0.2) is 59.3 Å². The van der Waals surface area contributed by atoms with E-state index in [0.717, 1.165) is 27.8 Å². The van der Waals surface area contributed by atoms with Gasteiger partial charge in [0.25, 0.3) is 0 Å². The number of hydrogen-bond donors (Lipinski definition) is 2. The number of carbonyl (C=O) groups excluding carboxylic acids is 1. The predicted octanol–water partition coefficient (Wildman–Crippen LogP) is 4.48. The molecule has 26 heavy (non-hydrogen) atoms. The van der Waals surface area contributed by atoms with Crippen LogP contribution < -0.4 is 10.1 Å². The molecule has 0 aliphatic carbocycles. The Labute approximate surface area is 154 Å². The Bertz CT molecular complexity index is 1050. The first-order chi connectivity index (χ1) is 12.7. The van der Waals surface area contributed by atoms with Crippen LogP contribution in [0.5, 0.6) is 5.75 Å². The van der Waals surface area contributed by atoms with Crippen molar-refractivity contribution in [2.45, 2.75) is 6.42 Å². The van der Waals surface area contributed by atoms with Gasteiger partial charge in [0.2, 0.25) is 5.91 Å². The number of amides is 1. The lowest BCUT2D eigenvalue weighted by atomic mass is 10.1. The van der Waals surface area contributed by atoms with Crippen LogP contribution in [0, 0.1) is 0 Å². The van der Waals surface area contributed by atoms with Gasteiger partial charge < -0.3 is 10.1 Å². The standard InChI is InChI=1S/C20H17N3O2S/c1-25-16-4-2-3-13(9-16)10-19(24)21-20-17-6-5-14(11-18(17)22-23-20)15-7-8-26-12-15/h2-9,11-12H,10H2,1H3,(H2,21,22,23,24). The van der Waals surface area contributed by atoms with Crippen molar-refractivity contribution in [2.24, 2.45) is 0 Å². The molecule has 0 unspecified atom stereocenters. The second-order valence-electron chi connectivity index (χ2n) is 5.92. The first-order valence-corrected chi connectivity index (χ1v) is 9.11. The number of nitrogens with zero attached hydrogens (tertiary/aromatic N) is 1. The van der Waals surface area contributed by atoms with E-state index in [1.165, 1.54) is 5.56 Å². The Morgan fingerprint density at radius 1 is 1.19 bits per heavy atom. The quantitative estimate of drug-likeness (QED) is 0.549. The van der Waals surface area contributed by atoms with E-state index in [9.17, 15) is 4.79 Å². The van der Waals surface area contributed by atoms with Crippen LogP contribution in [0.2, 0.25) is 0 Å². The Balaban J connectivity index is 1.52. The third-order valence-corrected chi connectivity index (χ3v) is 4.86. The normalized spacial score (nSPS) is 10.8. The van der Waals surface area contributed by atoms with Crippen LogP contribution in [0.3, 0.4) is 0 Å². The molecule has 2 heterocycles. The number of aromatic nitrogens is 2. The number of H-pyrrole nitrogens is 1. The van der Waals surface area contributed by atoms with Crippen molar-refractivity contribution in [3.63, 3.8) is 0 Å². The van der Waals surface area contributed by atoms with Gasteiger partial charge in [-0.3, -0.25) is 9.89 Å². The van der Waals surface area contributed by atoms with Crippen LogP contribution >= 0.6 is 11.3 Å². The zero-order chi connectivity index (χ0) is 17.9. The third-order valence-electron chi connectivity index (χ3n) is 4.17. The number of fused-ring (bicyclic) bond motifs is 1. The second-order valence-corrected chi connectivity index (χ2v) is 6.70.